The molecule has 0 saturated carbocycles. The number of hydrogen-bond acceptors (Lipinski definition) is 4. The molecule has 0 atom stereocenters. The third-order valence-corrected chi connectivity index (χ3v) is 3.33. The van der Waals surface area contributed by atoms with E-state index >= 15 is 0 Å². The number of pyridine rings is 1. The third kappa shape index (κ3) is 5.09. The average Bonchev–Trinajstić information content (AvgIpc) is 2.52. The van der Waals surface area contributed by atoms with Crippen LogP contribution in [-0.2, 0) is 12.8 Å². The Morgan fingerprint density at radius 1 is 1.09 bits per heavy atom. The van der Waals surface area contributed by atoms with Crippen LogP contribution in [0.5, 0.6) is 11.6 Å². The van der Waals surface area contributed by atoms with Gasteiger partial charge >= 0.3 is 6.16 Å². The lowest BCUT2D eigenvalue weighted by atomic mass is 10.0. The molecular formula is C17H19NO4. The van der Waals surface area contributed by atoms with Gasteiger partial charge in [-0.05, 0) is 55.0 Å². The Morgan fingerprint density at radius 2 is 1.77 bits per heavy atom. The van der Waals surface area contributed by atoms with Gasteiger partial charge in [0.1, 0.15) is 5.75 Å². The van der Waals surface area contributed by atoms with Gasteiger partial charge in [0.15, 0.2) is 0 Å². The van der Waals surface area contributed by atoms with Gasteiger partial charge in [0, 0.05) is 12.3 Å². The van der Waals surface area contributed by atoms with E-state index in [0.29, 0.717) is 0 Å². The van der Waals surface area contributed by atoms with Gasteiger partial charge in [0.05, 0.1) is 7.11 Å². The number of methoxy groups -OCH3 is 1. The topological polar surface area (TPSA) is 68.7 Å². The summed E-state index contributed by atoms with van der Waals surface area (Å²) in [6.45, 7) is 0. The normalized spacial score (nSPS) is 10.2. The lowest BCUT2D eigenvalue weighted by molar-refractivity contribution is 0.142. The molecule has 116 valence electrons. The SMILES string of the molecule is COc1ccc(CCCCc2ccnc(OC(=O)O)c2)cc1. The van der Waals surface area contributed by atoms with E-state index in [-0.39, 0.29) is 5.88 Å². The van der Waals surface area contributed by atoms with Gasteiger partial charge in [-0.1, -0.05) is 12.1 Å². The highest BCUT2D eigenvalue weighted by molar-refractivity contribution is 5.60. The summed E-state index contributed by atoms with van der Waals surface area (Å²) in [4.78, 5) is 14.3. The molecule has 0 saturated heterocycles. The van der Waals surface area contributed by atoms with Crippen molar-refractivity contribution in [3.05, 3.63) is 53.7 Å². The molecule has 2 aromatic rings. The predicted molar refractivity (Wildman–Crippen MR) is 82.5 cm³/mol. The van der Waals surface area contributed by atoms with Gasteiger partial charge in [-0.25, -0.2) is 9.78 Å². The Bertz CT molecular complexity index is 610. The molecule has 22 heavy (non-hydrogen) atoms. The van der Waals surface area contributed by atoms with E-state index in [1.165, 1.54) is 5.56 Å². The summed E-state index contributed by atoms with van der Waals surface area (Å²) in [6.07, 6.45) is 4.18. The summed E-state index contributed by atoms with van der Waals surface area (Å²) in [6, 6.07) is 11.6. The van der Waals surface area contributed by atoms with Crippen LogP contribution in [0.25, 0.3) is 0 Å². The summed E-state index contributed by atoms with van der Waals surface area (Å²) in [5, 5.41) is 8.56. The van der Waals surface area contributed by atoms with Crippen LogP contribution in [0.15, 0.2) is 42.6 Å². The number of hydrogen-bond donors (Lipinski definition) is 1. The largest absolute Gasteiger partial charge is 0.512 e. The van der Waals surface area contributed by atoms with Crippen molar-refractivity contribution in [3.8, 4) is 11.6 Å². The standard InChI is InChI=1S/C17H19NO4/c1-21-15-8-6-13(7-9-15)4-2-3-5-14-10-11-18-16(12-14)22-17(19)20/h6-12H,2-5H2,1H3,(H,19,20). The number of nitrogens with zero attached hydrogens (tertiary/aromatic N) is 1. The zero-order valence-electron chi connectivity index (χ0n) is 12.5. The second-order valence-corrected chi connectivity index (χ2v) is 4.93. The summed E-state index contributed by atoms with van der Waals surface area (Å²) in [7, 11) is 1.66. The van der Waals surface area contributed by atoms with Crippen molar-refractivity contribution >= 4 is 6.16 Å². The van der Waals surface area contributed by atoms with E-state index in [9.17, 15) is 4.79 Å². The highest BCUT2D eigenvalue weighted by atomic mass is 16.7. The smallest absolute Gasteiger partial charge is 0.497 e. The van der Waals surface area contributed by atoms with E-state index < -0.39 is 6.16 Å². The molecule has 0 aliphatic carbocycles. The second kappa shape index (κ2) is 8.02. The highest BCUT2D eigenvalue weighted by Crippen LogP contribution is 2.15. The molecule has 1 aromatic heterocycles. The lowest BCUT2D eigenvalue weighted by Gasteiger charge is -2.05. The molecular weight excluding hydrogens is 282 g/mol. The van der Waals surface area contributed by atoms with Crippen LogP contribution in [0.2, 0.25) is 0 Å². The van der Waals surface area contributed by atoms with Gasteiger partial charge in [-0.2, -0.15) is 0 Å². The van der Waals surface area contributed by atoms with Crippen LogP contribution >= 0.6 is 0 Å². The van der Waals surface area contributed by atoms with Crippen LogP contribution < -0.4 is 9.47 Å². The molecule has 0 aliphatic rings. The molecule has 1 aromatic carbocycles. The van der Waals surface area contributed by atoms with E-state index in [4.69, 9.17) is 9.84 Å². The van der Waals surface area contributed by atoms with Gasteiger partial charge in [0.2, 0.25) is 5.88 Å². The van der Waals surface area contributed by atoms with Crippen molar-refractivity contribution < 1.29 is 19.4 Å². The van der Waals surface area contributed by atoms with Gasteiger partial charge in [0.25, 0.3) is 0 Å². The fraction of sp³-hybridized carbons (Fsp3) is 0.294. The number of ether oxygens (including phenoxy) is 2. The molecule has 0 unspecified atom stereocenters. The summed E-state index contributed by atoms with van der Waals surface area (Å²) in [5.74, 6) is 0.992. The van der Waals surface area contributed by atoms with Crippen LogP contribution in [-0.4, -0.2) is 23.4 Å². The van der Waals surface area contributed by atoms with Crippen molar-refractivity contribution in [3.63, 3.8) is 0 Å². The van der Waals surface area contributed by atoms with Crippen molar-refractivity contribution in [2.45, 2.75) is 25.7 Å². The Labute approximate surface area is 129 Å². The second-order valence-electron chi connectivity index (χ2n) is 4.93. The van der Waals surface area contributed by atoms with Crippen LogP contribution in [0.4, 0.5) is 4.79 Å². The molecule has 1 heterocycles. The first-order valence-electron chi connectivity index (χ1n) is 7.16. The number of benzene rings is 1. The number of aryl methyl sites for hydroxylation is 2. The summed E-state index contributed by atoms with van der Waals surface area (Å²) >= 11 is 0. The van der Waals surface area contributed by atoms with E-state index in [1.807, 2.05) is 18.2 Å². The van der Waals surface area contributed by atoms with E-state index in [1.54, 1.807) is 19.4 Å². The van der Waals surface area contributed by atoms with Gasteiger partial charge in [-0.3, -0.25) is 0 Å². The molecule has 2 rings (SSSR count). The van der Waals surface area contributed by atoms with Crippen LogP contribution in [0.3, 0.4) is 0 Å². The van der Waals surface area contributed by atoms with Crippen molar-refractivity contribution in [1.82, 2.24) is 4.98 Å². The van der Waals surface area contributed by atoms with Gasteiger partial charge < -0.3 is 14.6 Å². The fourth-order valence-electron chi connectivity index (χ4n) is 2.20. The van der Waals surface area contributed by atoms with Crippen LogP contribution in [0, 0.1) is 0 Å². The number of unbranched alkanes of at least 4 members (excludes halogenated alkanes) is 1. The fourth-order valence-corrected chi connectivity index (χ4v) is 2.20. The Balaban J connectivity index is 1.77. The average molecular weight is 301 g/mol. The highest BCUT2D eigenvalue weighted by Gasteiger charge is 2.03. The molecule has 1 N–H and O–H groups in total. The Hall–Kier alpha value is -2.56. The quantitative estimate of drug-likeness (QED) is 0.623. The molecule has 0 spiro atoms. The van der Waals surface area contributed by atoms with Crippen LogP contribution in [0.1, 0.15) is 24.0 Å². The van der Waals surface area contributed by atoms with Crippen molar-refractivity contribution in [1.29, 1.82) is 0 Å². The molecule has 5 heteroatoms. The van der Waals surface area contributed by atoms with E-state index in [0.717, 1.165) is 37.0 Å². The molecule has 0 fully saturated rings. The number of carboxylic acid groups (broad SMARTS) is 1. The van der Waals surface area contributed by atoms with Gasteiger partial charge in [-0.15, -0.1) is 0 Å². The zero-order valence-corrected chi connectivity index (χ0v) is 12.5. The molecule has 0 radical (unpaired) electrons. The third-order valence-electron chi connectivity index (χ3n) is 3.33. The number of rotatable bonds is 7. The maximum absolute atomic E-state index is 10.5. The maximum Gasteiger partial charge on any atom is 0.512 e. The first-order chi connectivity index (χ1) is 10.7. The summed E-state index contributed by atoms with van der Waals surface area (Å²) < 4.78 is 9.68. The monoisotopic (exact) mass is 301 g/mol. The van der Waals surface area contributed by atoms with E-state index in [2.05, 4.69) is 21.9 Å². The number of carbonyl (C=O) groups is 1. The maximum atomic E-state index is 10.5. The first kappa shape index (κ1) is 15.8. The first-order valence-corrected chi connectivity index (χ1v) is 7.16. The molecule has 0 amide bonds. The predicted octanol–water partition coefficient (Wildman–Crippen LogP) is 3.71. The number of aromatic nitrogens is 1. The minimum Gasteiger partial charge on any atom is -0.497 e. The molecule has 5 nitrogen and oxygen atoms in total. The zero-order chi connectivity index (χ0) is 15.8. The lowest BCUT2D eigenvalue weighted by Crippen LogP contribution is -2.04. The minimum atomic E-state index is -1.34. The van der Waals surface area contributed by atoms with Crippen molar-refractivity contribution in [2.24, 2.45) is 0 Å². The Kier molecular flexibility index (Phi) is 5.77. The minimum absolute atomic E-state index is 0.125. The van der Waals surface area contributed by atoms with Crippen molar-refractivity contribution in [2.75, 3.05) is 7.11 Å². The molecule has 0 aliphatic heterocycles. The molecule has 0 bridgehead atoms. The Morgan fingerprint density at radius 3 is 2.41 bits per heavy atom. The summed E-state index contributed by atoms with van der Waals surface area (Å²) in [5.41, 5.74) is 2.31.